The summed E-state index contributed by atoms with van der Waals surface area (Å²) in [5, 5.41) is 2.79. The number of carbonyl (C=O) groups is 1. The van der Waals surface area contributed by atoms with Gasteiger partial charge in [-0.1, -0.05) is 12.1 Å². The highest BCUT2D eigenvalue weighted by atomic mass is 19.4. The standard InChI is InChI=1S/C21H15F3N4O/c22-21(23,24)14-5-1-12(2-6-14)19-27-17-10-9-16(11-18(17)28-19)26-20(29)13-3-7-15(25)8-4-13/h1-11H,25H2,(H,26,29)(H,27,28). The Bertz CT molecular complexity index is 1180. The second-order valence-electron chi connectivity index (χ2n) is 6.47. The average molecular weight is 396 g/mol. The van der Waals surface area contributed by atoms with Crippen LogP contribution in [0.15, 0.2) is 66.7 Å². The molecule has 0 aliphatic rings. The number of alkyl halides is 3. The van der Waals surface area contributed by atoms with E-state index in [0.717, 1.165) is 12.1 Å². The van der Waals surface area contributed by atoms with Crippen LogP contribution in [0.1, 0.15) is 15.9 Å². The molecule has 1 amide bonds. The van der Waals surface area contributed by atoms with E-state index in [1.165, 1.54) is 12.1 Å². The van der Waals surface area contributed by atoms with Gasteiger partial charge < -0.3 is 16.0 Å². The number of rotatable bonds is 3. The fourth-order valence-electron chi connectivity index (χ4n) is 2.88. The molecule has 1 aromatic heterocycles. The minimum atomic E-state index is -4.38. The molecule has 0 unspecified atom stereocenters. The highest BCUT2D eigenvalue weighted by Gasteiger charge is 2.30. The number of aromatic nitrogens is 2. The van der Waals surface area contributed by atoms with Crippen LogP contribution in [0.4, 0.5) is 24.5 Å². The van der Waals surface area contributed by atoms with Crippen LogP contribution in [0.3, 0.4) is 0 Å². The van der Waals surface area contributed by atoms with Gasteiger partial charge in [0.15, 0.2) is 0 Å². The number of benzene rings is 3. The molecule has 4 rings (SSSR count). The zero-order valence-electron chi connectivity index (χ0n) is 14.9. The van der Waals surface area contributed by atoms with Crippen LogP contribution >= 0.6 is 0 Å². The number of nitrogens with two attached hydrogens (primary N) is 1. The summed E-state index contributed by atoms with van der Waals surface area (Å²) < 4.78 is 38.1. The number of nitrogens with zero attached hydrogens (tertiary/aromatic N) is 1. The van der Waals surface area contributed by atoms with Gasteiger partial charge in [0.1, 0.15) is 5.82 Å². The predicted octanol–water partition coefficient (Wildman–Crippen LogP) is 5.08. The number of aromatic amines is 1. The molecule has 0 aliphatic carbocycles. The van der Waals surface area contributed by atoms with Crippen molar-refractivity contribution >= 4 is 28.3 Å². The van der Waals surface area contributed by atoms with Crippen molar-refractivity contribution in [3.8, 4) is 11.4 Å². The Kier molecular flexibility index (Phi) is 4.46. The first-order valence-electron chi connectivity index (χ1n) is 8.64. The monoisotopic (exact) mass is 396 g/mol. The van der Waals surface area contributed by atoms with Gasteiger partial charge in [-0.05, 0) is 54.6 Å². The second kappa shape index (κ2) is 6.97. The Morgan fingerprint density at radius 2 is 1.66 bits per heavy atom. The quantitative estimate of drug-likeness (QED) is 0.422. The van der Waals surface area contributed by atoms with E-state index in [-0.39, 0.29) is 5.91 Å². The van der Waals surface area contributed by atoms with E-state index in [1.807, 2.05) is 0 Å². The largest absolute Gasteiger partial charge is 0.416 e. The summed E-state index contributed by atoms with van der Waals surface area (Å²) in [4.78, 5) is 19.8. The lowest BCUT2D eigenvalue weighted by Crippen LogP contribution is -2.11. The fourth-order valence-corrected chi connectivity index (χ4v) is 2.88. The molecular weight excluding hydrogens is 381 g/mol. The van der Waals surface area contributed by atoms with E-state index in [0.29, 0.717) is 39.4 Å². The first-order chi connectivity index (χ1) is 13.8. The maximum atomic E-state index is 12.7. The van der Waals surface area contributed by atoms with E-state index in [9.17, 15) is 18.0 Å². The molecule has 146 valence electrons. The third-order valence-corrected chi connectivity index (χ3v) is 4.40. The minimum absolute atomic E-state index is 0.285. The third-order valence-electron chi connectivity index (χ3n) is 4.40. The highest BCUT2D eigenvalue weighted by molar-refractivity contribution is 6.05. The number of imidazole rings is 1. The zero-order valence-corrected chi connectivity index (χ0v) is 14.9. The van der Waals surface area contributed by atoms with Crippen molar-refractivity contribution < 1.29 is 18.0 Å². The number of H-pyrrole nitrogens is 1. The van der Waals surface area contributed by atoms with Crippen molar-refractivity contribution in [1.82, 2.24) is 9.97 Å². The van der Waals surface area contributed by atoms with Gasteiger partial charge in [0.25, 0.3) is 5.91 Å². The second-order valence-corrected chi connectivity index (χ2v) is 6.47. The molecule has 0 radical (unpaired) electrons. The summed E-state index contributed by atoms with van der Waals surface area (Å²) in [6.07, 6.45) is -4.38. The number of anilines is 2. The molecule has 0 aliphatic heterocycles. The van der Waals surface area contributed by atoms with Crippen molar-refractivity contribution in [3.63, 3.8) is 0 Å². The number of amides is 1. The molecule has 8 heteroatoms. The third kappa shape index (κ3) is 3.91. The highest BCUT2D eigenvalue weighted by Crippen LogP contribution is 2.31. The topological polar surface area (TPSA) is 83.8 Å². The van der Waals surface area contributed by atoms with Gasteiger partial charge in [0, 0.05) is 22.5 Å². The molecule has 29 heavy (non-hydrogen) atoms. The lowest BCUT2D eigenvalue weighted by Gasteiger charge is -2.06. The van der Waals surface area contributed by atoms with Crippen molar-refractivity contribution in [2.24, 2.45) is 0 Å². The normalized spacial score (nSPS) is 11.6. The number of nitrogens with one attached hydrogen (secondary N) is 2. The summed E-state index contributed by atoms with van der Waals surface area (Å²) in [7, 11) is 0. The van der Waals surface area contributed by atoms with Gasteiger partial charge >= 0.3 is 6.18 Å². The molecule has 5 nitrogen and oxygen atoms in total. The minimum Gasteiger partial charge on any atom is -0.399 e. The number of nitrogen functional groups attached to an aromatic ring is 1. The van der Waals surface area contributed by atoms with Crippen molar-refractivity contribution in [2.45, 2.75) is 6.18 Å². The molecule has 0 spiro atoms. The Labute approximate surface area is 163 Å². The first-order valence-corrected chi connectivity index (χ1v) is 8.64. The van der Waals surface area contributed by atoms with Crippen LogP contribution in [0, 0.1) is 0 Å². The number of halogens is 3. The molecule has 4 N–H and O–H groups in total. The van der Waals surface area contributed by atoms with Crippen molar-refractivity contribution in [1.29, 1.82) is 0 Å². The number of carbonyl (C=O) groups excluding carboxylic acids is 1. The number of hydrogen-bond acceptors (Lipinski definition) is 3. The molecule has 4 aromatic rings. The van der Waals surface area contributed by atoms with Crippen LogP contribution in [0.2, 0.25) is 0 Å². The van der Waals surface area contributed by atoms with E-state index in [4.69, 9.17) is 5.73 Å². The van der Waals surface area contributed by atoms with Gasteiger partial charge in [-0.2, -0.15) is 13.2 Å². The molecule has 0 saturated heterocycles. The van der Waals surface area contributed by atoms with Crippen LogP contribution in [0.5, 0.6) is 0 Å². The Balaban J connectivity index is 1.57. The maximum absolute atomic E-state index is 12.7. The van der Waals surface area contributed by atoms with Crippen LogP contribution in [-0.4, -0.2) is 15.9 Å². The molecule has 3 aromatic carbocycles. The predicted molar refractivity (Wildman–Crippen MR) is 105 cm³/mol. The fraction of sp³-hybridized carbons (Fsp3) is 0.0476. The van der Waals surface area contributed by atoms with E-state index >= 15 is 0 Å². The molecular formula is C21H15F3N4O. The van der Waals surface area contributed by atoms with E-state index in [1.54, 1.807) is 42.5 Å². The number of fused-ring (bicyclic) bond motifs is 1. The van der Waals surface area contributed by atoms with Crippen molar-refractivity contribution in [2.75, 3.05) is 11.1 Å². The molecule has 1 heterocycles. The molecule has 0 fully saturated rings. The van der Waals surface area contributed by atoms with Crippen LogP contribution < -0.4 is 11.1 Å². The molecule has 0 bridgehead atoms. The van der Waals surface area contributed by atoms with Gasteiger partial charge in [-0.25, -0.2) is 4.98 Å². The van der Waals surface area contributed by atoms with E-state index < -0.39 is 11.7 Å². The average Bonchev–Trinajstić information content (AvgIpc) is 3.11. The summed E-state index contributed by atoms with van der Waals surface area (Å²) in [5.74, 6) is 0.155. The lowest BCUT2D eigenvalue weighted by atomic mass is 10.1. The smallest absolute Gasteiger partial charge is 0.399 e. The summed E-state index contributed by atoms with van der Waals surface area (Å²) in [5.41, 5.74) is 8.30. The summed E-state index contributed by atoms with van der Waals surface area (Å²) in [6, 6.07) is 16.4. The zero-order chi connectivity index (χ0) is 20.6. The molecule has 0 saturated carbocycles. The van der Waals surface area contributed by atoms with Crippen LogP contribution in [0.25, 0.3) is 22.4 Å². The number of hydrogen-bond donors (Lipinski definition) is 3. The Morgan fingerprint density at radius 1 is 0.966 bits per heavy atom. The van der Waals surface area contributed by atoms with E-state index in [2.05, 4.69) is 15.3 Å². The lowest BCUT2D eigenvalue weighted by molar-refractivity contribution is -0.137. The van der Waals surface area contributed by atoms with Gasteiger partial charge in [-0.3, -0.25) is 4.79 Å². The first kappa shape index (κ1) is 18.5. The maximum Gasteiger partial charge on any atom is 0.416 e. The Morgan fingerprint density at radius 3 is 2.31 bits per heavy atom. The van der Waals surface area contributed by atoms with Gasteiger partial charge in [0.2, 0.25) is 0 Å². The Hall–Kier alpha value is -3.81. The van der Waals surface area contributed by atoms with Gasteiger partial charge in [0.05, 0.1) is 16.6 Å². The summed E-state index contributed by atoms with van der Waals surface area (Å²) >= 11 is 0. The van der Waals surface area contributed by atoms with Gasteiger partial charge in [-0.15, -0.1) is 0 Å². The van der Waals surface area contributed by atoms with Crippen LogP contribution in [-0.2, 0) is 6.18 Å². The summed E-state index contributed by atoms with van der Waals surface area (Å²) in [6.45, 7) is 0. The molecule has 0 atom stereocenters. The van der Waals surface area contributed by atoms with Crippen molar-refractivity contribution in [3.05, 3.63) is 77.9 Å². The SMILES string of the molecule is Nc1ccc(C(=O)Nc2ccc3nc(-c4ccc(C(F)(F)F)cc4)[nH]c3c2)cc1.